The number of aliphatic hydroxyl groups excluding tert-OH is 1. The standard InChI is InChI=1S/C9H14O2/c1-8(7-10)4-5-9-3-2-6-11-9/h2-3,6,8,10H,4-5,7H2,1H3. The van der Waals surface area contributed by atoms with Crippen molar-refractivity contribution >= 4 is 0 Å². The van der Waals surface area contributed by atoms with Crippen LogP contribution in [0.25, 0.3) is 0 Å². The molecule has 62 valence electrons. The normalized spacial score (nSPS) is 13.3. The summed E-state index contributed by atoms with van der Waals surface area (Å²) in [4.78, 5) is 0. The third-order valence-electron chi connectivity index (χ3n) is 1.78. The van der Waals surface area contributed by atoms with Gasteiger partial charge in [-0.05, 0) is 24.5 Å². The van der Waals surface area contributed by atoms with E-state index < -0.39 is 0 Å². The summed E-state index contributed by atoms with van der Waals surface area (Å²) in [5.41, 5.74) is 0. The maximum Gasteiger partial charge on any atom is 0.103 e. The summed E-state index contributed by atoms with van der Waals surface area (Å²) in [6.07, 6.45) is 3.59. The van der Waals surface area contributed by atoms with Gasteiger partial charge in [0, 0.05) is 13.0 Å². The second-order valence-corrected chi connectivity index (χ2v) is 2.91. The van der Waals surface area contributed by atoms with Crippen molar-refractivity contribution in [1.82, 2.24) is 0 Å². The lowest BCUT2D eigenvalue weighted by atomic mass is 10.1. The highest BCUT2D eigenvalue weighted by Gasteiger charge is 2.01. The monoisotopic (exact) mass is 154 g/mol. The van der Waals surface area contributed by atoms with Crippen molar-refractivity contribution < 1.29 is 9.52 Å². The molecule has 1 aromatic rings. The first kappa shape index (κ1) is 8.34. The van der Waals surface area contributed by atoms with Gasteiger partial charge in [-0.1, -0.05) is 6.92 Å². The van der Waals surface area contributed by atoms with Crippen LogP contribution in [0.15, 0.2) is 22.8 Å². The molecule has 0 aliphatic heterocycles. The zero-order valence-electron chi connectivity index (χ0n) is 6.79. The molecular formula is C9H14O2. The minimum Gasteiger partial charge on any atom is -0.469 e. The second-order valence-electron chi connectivity index (χ2n) is 2.91. The van der Waals surface area contributed by atoms with E-state index in [2.05, 4.69) is 0 Å². The quantitative estimate of drug-likeness (QED) is 0.717. The zero-order valence-corrected chi connectivity index (χ0v) is 6.79. The fourth-order valence-electron chi connectivity index (χ4n) is 0.935. The van der Waals surface area contributed by atoms with Crippen molar-refractivity contribution in [1.29, 1.82) is 0 Å². The highest BCUT2D eigenvalue weighted by molar-refractivity contribution is 4.97. The lowest BCUT2D eigenvalue weighted by Crippen LogP contribution is -2.01. The molecule has 1 rings (SSSR count). The van der Waals surface area contributed by atoms with E-state index in [-0.39, 0.29) is 6.61 Å². The van der Waals surface area contributed by atoms with Gasteiger partial charge < -0.3 is 9.52 Å². The second kappa shape index (κ2) is 4.19. The molecule has 1 atom stereocenters. The summed E-state index contributed by atoms with van der Waals surface area (Å²) in [6, 6.07) is 3.85. The first-order chi connectivity index (χ1) is 5.33. The van der Waals surface area contributed by atoms with Crippen molar-refractivity contribution in [3.8, 4) is 0 Å². The Hall–Kier alpha value is -0.760. The lowest BCUT2D eigenvalue weighted by Gasteiger charge is -2.04. The van der Waals surface area contributed by atoms with Crippen LogP contribution < -0.4 is 0 Å². The molecule has 0 saturated carbocycles. The van der Waals surface area contributed by atoms with Crippen LogP contribution >= 0.6 is 0 Å². The zero-order chi connectivity index (χ0) is 8.10. The van der Waals surface area contributed by atoms with Gasteiger partial charge in [0.15, 0.2) is 0 Å². The summed E-state index contributed by atoms with van der Waals surface area (Å²) in [6.45, 7) is 2.30. The summed E-state index contributed by atoms with van der Waals surface area (Å²) < 4.78 is 5.15. The fraction of sp³-hybridized carbons (Fsp3) is 0.556. The number of hydrogen-bond donors (Lipinski definition) is 1. The van der Waals surface area contributed by atoms with Gasteiger partial charge >= 0.3 is 0 Å². The largest absolute Gasteiger partial charge is 0.469 e. The molecular weight excluding hydrogens is 140 g/mol. The predicted octanol–water partition coefficient (Wildman–Crippen LogP) is 1.84. The van der Waals surface area contributed by atoms with Gasteiger partial charge in [-0.25, -0.2) is 0 Å². The number of aliphatic hydroxyl groups is 1. The minimum atomic E-state index is 0.265. The molecule has 1 unspecified atom stereocenters. The van der Waals surface area contributed by atoms with Gasteiger partial charge in [0.1, 0.15) is 5.76 Å². The molecule has 2 nitrogen and oxygen atoms in total. The topological polar surface area (TPSA) is 33.4 Å². The smallest absolute Gasteiger partial charge is 0.103 e. The Bertz CT molecular complexity index is 179. The maximum absolute atomic E-state index is 8.73. The van der Waals surface area contributed by atoms with Gasteiger partial charge in [-0.15, -0.1) is 0 Å². The van der Waals surface area contributed by atoms with Gasteiger partial charge in [-0.2, -0.15) is 0 Å². The maximum atomic E-state index is 8.73. The van der Waals surface area contributed by atoms with Crippen molar-refractivity contribution in [3.05, 3.63) is 24.2 Å². The SMILES string of the molecule is CC(CO)CCc1ccco1. The van der Waals surface area contributed by atoms with E-state index in [4.69, 9.17) is 9.52 Å². The first-order valence-electron chi connectivity index (χ1n) is 3.96. The molecule has 0 fully saturated rings. The number of rotatable bonds is 4. The number of hydrogen-bond acceptors (Lipinski definition) is 2. The molecule has 0 spiro atoms. The van der Waals surface area contributed by atoms with Crippen molar-refractivity contribution in [2.24, 2.45) is 5.92 Å². The third-order valence-corrected chi connectivity index (χ3v) is 1.78. The Kier molecular flexibility index (Phi) is 3.17. The summed E-state index contributed by atoms with van der Waals surface area (Å²) >= 11 is 0. The van der Waals surface area contributed by atoms with Crippen LogP contribution in [-0.4, -0.2) is 11.7 Å². The van der Waals surface area contributed by atoms with Crippen molar-refractivity contribution in [2.45, 2.75) is 19.8 Å². The molecule has 2 heteroatoms. The number of aryl methyl sites for hydroxylation is 1. The minimum absolute atomic E-state index is 0.265. The Morgan fingerprint density at radius 2 is 2.45 bits per heavy atom. The van der Waals surface area contributed by atoms with Crippen LogP contribution in [0, 0.1) is 5.92 Å². The van der Waals surface area contributed by atoms with Gasteiger partial charge in [0.25, 0.3) is 0 Å². The lowest BCUT2D eigenvalue weighted by molar-refractivity contribution is 0.228. The summed E-state index contributed by atoms with van der Waals surface area (Å²) in [7, 11) is 0. The van der Waals surface area contributed by atoms with E-state index in [0.717, 1.165) is 18.6 Å². The highest BCUT2D eigenvalue weighted by Crippen LogP contribution is 2.08. The molecule has 0 radical (unpaired) electrons. The van der Waals surface area contributed by atoms with Crippen LogP contribution in [0.3, 0.4) is 0 Å². The van der Waals surface area contributed by atoms with Crippen LogP contribution in [-0.2, 0) is 6.42 Å². The van der Waals surface area contributed by atoms with E-state index in [1.165, 1.54) is 0 Å². The van der Waals surface area contributed by atoms with E-state index in [1.54, 1.807) is 6.26 Å². The van der Waals surface area contributed by atoms with Crippen molar-refractivity contribution in [2.75, 3.05) is 6.61 Å². The molecule has 0 amide bonds. The highest BCUT2D eigenvalue weighted by atomic mass is 16.3. The van der Waals surface area contributed by atoms with E-state index >= 15 is 0 Å². The van der Waals surface area contributed by atoms with Gasteiger partial charge in [0.2, 0.25) is 0 Å². The average Bonchev–Trinajstić information content (AvgIpc) is 2.52. The molecule has 11 heavy (non-hydrogen) atoms. The molecule has 0 saturated heterocycles. The van der Waals surface area contributed by atoms with Crippen LogP contribution in [0.5, 0.6) is 0 Å². The molecule has 0 aliphatic rings. The third kappa shape index (κ3) is 2.76. The van der Waals surface area contributed by atoms with Gasteiger partial charge in [0.05, 0.1) is 6.26 Å². The average molecular weight is 154 g/mol. The molecule has 1 aromatic heterocycles. The molecule has 0 aromatic carbocycles. The Labute approximate surface area is 66.8 Å². The van der Waals surface area contributed by atoms with E-state index in [0.29, 0.717) is 5.92 Å². The fourth-order valence-corrected chi connectivity index (χ4v) is 0.935. The van der Waals surface area contributed by atoms with Crippen LogP contribution in [0.4, 0.5) is 0 Å². The predicted molar refractivity (Wildman–Crippen MR) is 43.3 cm³/mol. The van der Waals surface area contributed by atoms with Crippen LogP contribution in [0.2, 0.25) is 0 Å². The Morgan fingerprint density at radius 3 is 3.00 bits per heavy atom. The molecule has 0 bridgehead atoms. The van der Waals surface area contributed by atoms with Gasteiger partial charge in [-0.3, -0.25) is 0 Å². The Balaban J connectivity index is 2.23. The van der Waals surface area contributed by atoms with E-state index in [1.807, 2.05) is 19.1 Å². The molecule has 1 heterocycles. The summed E-state index contributed by atoms with van der Waals surface area (Å²) in [5, 5.41) is 8.73. The van der Waals surface area contributed by atoms with Crippen LogP contribution in [0.1, 0.15) is 19.1 Å². The first-order valence-corrected chi connectivity index (χ1v) is 3.96. The Morgan fingerprint density at radius 1 is 1.64 bits per heavy atom. The molecule has 1 N–H and O–H groups in total. The number of furan rings is 1. The van der Waals surface area contributed by atoms with Crippen molar-refractivity contribution in [3.63, 3.8) is 0 Å². The molecule has 0 aliphatic carbocycles. The summed E-state index contributed by atoms with van der Waals surface area (Å²) in [5.74, 6) is 1.38. The van der Waals surface area contributed by atoms with E-state index in [9.17, 15) is 0 Å².